The molecule has 0 saturated carbocycles. The van der Waals surface area contributed by atoms with Gasteiger partial charge in [-0.25, -0.2) is 4.39 Å². The van der Waals surface area contributed by atoms with Crippen LogP contribution in [0, 0.1) is 24.1 Å². The fourth-order valence-corrected chi connectivity index (χ4v) is 1.62. The highest BCUT2D eigenvalue weighted by atomic mass is 19.1. The monoisotopic (exact) mass is 234 g/mol. The van der Waals surface area contributed by atoms with Gasteiger partial charge < -0.3 is 5.32 Å². The molecule has 1 N–H and O–H groups in total. The van der Waals surface area contributed by atoms with Crippen molar-refractivity contribution in [1.82, 2.24) is 5.32 Å². The second kappa shape index (κ2) is 5.29. The molecule has 92 valence electrons. The number of aryl methyl sites for hydroxylation is 1. The molecule has 0 amide bonds. The van der Waals surface area contributed by atoms with Gasteiger partial charge in [-0.1, -0.05) is 26.0 Å². The third-order valence-corrected chi connectivity index (χ3v) is 2.98. The van der Waals surface area contributed by atoms with Crippen molar-refractivity contribution in [3.8, 4) is 6.07 Å². The minimum atomic E-state index is -0.178. The summed E-state index contributed by atoms with van der Waals surface area (Å²) in [5.74, 6) is -0.178. The number of hydrogen-bond acceptors (Lipinski definition) is 2. The van der Waals surface area contributed by atoms with Crippen molar-refractivity contribution in [1.29, 1.82) is 5.26 Å². The largest absolute Gasteiger partial charge is 0.301 e. The van der Waals surface area contributed by atoms with E-state index in [-0.39, 0.29) is 17.3 Å². The van der Waals surface area contributed by atoms with E-state index < -0.39 is 0 Å². The van der Waals surface area contributed by atoms with Gasteiger partial charge in [0.05, 0.1) is 12.1 Å². The first kappa shape index (κ1) is 13.7. The molecule has 0 aliphatic carbocycles. The molecule has 0 aromatic heterocycles. The zero-order chi connectivity index (χ0) is 13.1. The van der Waals surface area contributed by atoms with Gasteiger partial charge in [0, 0.05) is 12.0 Å². The molecular weight excluding hydrogens is 215 g/mol. The number of rotatable bonds is 4. The van der Waals surface area contributed by atoms with Gasteiger partial charge in [-0.3, -0.25) is 0 Å². The summed E-state index contributed by atoms with van der Waals surface area (Å²) in [7, 11) is 0. The Bertz CT molecular complexity index is 432. The van der Waals surface area contributed by atoms with Crippen LogP contribution in [-0.4, -0.2) is 12.6 Å². The van der Waals surface area contributed by atoms with Crippen LogP contribution < -0.4 is 5.32 Å². The van der Waals surface area contributed by atoms with Crippen molar-refractivity contribution in [2.75, 3.05) is 6.54 Å². The van der Waals surface area contributed by atoms with Gasteiger partial charge in [-0.15, -0.1) is 0 Å². The first-order chi connectivity index (χ1) is 7.86. The standard InChI is InChI=1S/C14H19FN2/c1-10-7-12(5-6-13(10)15)14(3,4)9-17-11(2)8-16/h5-7,11,17H,9H2,1-4H3. The summed E-state index contributed by atoms with van der Waals surface area (Å²) in [5.41, 5.74) is 1.61. The van der Waals surface area contributed by atoms with Crippen LogP contribution in [0.25, 0.3) is 0 Å². The molecule has 0 saturated heterocycles. The molecule has 0 spiro atoms. The smallest absolute Gasteiger partial charge is 0.126 e. The van der Waals surface area contributed by atoms with Crippen LogP contribution in [0.5, 0.6) is 0 Å². The Morgan fingerprint density at radius 3 is 2.65 bits per heavy atom. The zero-order valence-corrected chi connectivity index (χ0v) is 10.8. The number of benzene rings is 1. The lowest BCUT2D eigenvalue weighted by atomic mass is 9.83. The molecule has 1 aromatic carbocycles. The van der Waals surface area contributed by atoms with Gasteiger partial charge in [-0.2, -0.15) is 5.26 Å². The average molecular weight is 234 g/mol. The predicted molar refractivity (Wildman–Crippen MR) is 67.2 cm³/mol. The summed E-state index contributed by atoms with van der Waals surface area (Å²) in [6.07, 6.45) is 0. The summed E-state index contributed by atoms with van der Waals surface area (Å²) < 4.78 is 13.2. The van der Waals surface area contributed by atoms with Crippen LogP contribution in [0.2, 0.25) is 0 Å². The summed E-state index contributed by atoms with van der Waals surface area (Å²) in [5, 5.41) is 11.9. The highest BCUT2D eigenvalue weighted by molar-refractivity contribution is 5.30. The van der Waals surface area contributed by atoms with E-state index in [1.807, 2.05) is 13.0 Å². The first-order valence-corrected chi connectivity index (χ1v) is 5.76. The molecule has 17 heavy (non-hydrogen) atoms. The van der Waals surface area contributed by atoms with Gasteiger partial charge >= 0.3 is 0 Å². The molecular formula is C14H19FN2. The second-order valence-electron chi connectivity index (χ2n) is 5.08. The molecule has 1 rings (SSSR count). The Balaban J connectivity index is 2.82. The molecule has 2 nitrogen and oxygen atoms in total. The van der Waals surface area contributed by atoms with E-state index in [1.165, 1.54) is 6.07 Å². The van der Waals surface area contributed by atoms with Crippen LogP contribution in [0.4, 0.5) is 4.39 Å². The van der Waals surface area contributed by atoms with E-state index >= 15 is 0 Å². The Kier molecular flexibility index (Phi) is 4.25. The maximum atomic E-state index is 13.2. The molecule has 0 aliphatic rings. The lowest BCUT2D eigenvalue weighted by molar-refractivity contribution is 0.456. The number of nitriles is 1. The van der Waals surface area contributed by atoms with Gasteiger partial charge in [0.15, 0.2) is 0 Å². The third kappa shape index (κ3) is 3.54. The molecule has 1 atom stereocenters. The molecule has 3 heteroatoms. The van der Waals surface area contributed by atoms with Gasteiger partial charge in [0.1, 0.15) is 5.82 Å². The Morgan fingerprint density at radius 2 is 2.12 bits per heavy atom. The quantitative estimate of drug-likeness (QED) is 0.869. The normalized spacial score (nSPS) is 13.2. The average Bonchev–Trinajstić information content (AvgIpc) is 2.29. The fraction of sp³-hybridized carbons (Fsp3) is 0.500. The topological polar surface area (TPSA) is 35.8 Å². The minimum absolute atomic E-state index is 0.121. The van der Waals surface area contributed by atoms with Crippen LogP contribution in [0.1, 0.15) is 31.9 Å². The number of halogens is 1. The van der Waals surface area contributed by atoms with Crippen molar-refractivity contribution < 1.29 is 4.39 Å². The number of hydrogen-bond donors (Lipinski definition) is 1. The Morgan fingerprint density at radius 1 is 1.47 bits per heavy atom. The third-order valence-electron chi connectivity index (χ3n) is 2.98. The molecule has 0 aliphatic heterocycles. The molecule has 0 radical (unpaired) electrons. The van der Waals surface area contributed by atoms with Gasteiger partial charge in [0.2, 0.25) is 0 Å². The summed E-state index contributed by atoms with van der Waals surface area (Å²) in [4.78, 5) is 0. The van der Waals surface area contributed by atoms with E-state index in [4.69, 9.17) is 5.26 Å². The highest BCUT2D eigenvalue weighted by Gasteiger charge is 2.21. The Labute approximate surface area is 102 Å². The number of nitrogens with zero attached hydrogens (tertiary/aromatic N) is 1. The summed E-state index contributed by atoms with van der Waals surface area (Å²) in [6.45, 7) is 8.44. The van der Waals surface area contributed by atoms with E-state index in [9.17, 15) is 4.39 Å². The maximum Gasteiger partial charge on any atom is 0.126 e. The maximum absolute atomic E-state index is 13.2. The number of nitrogens with one attached hydrogen (secondary N) is 1. The molecule has 0 bridgehead atoms. The molecule has 1 unspecified atom stereocenters. The van der Waals surface area contributed by atoms with Crippen LogP contribution in [0.15, 0.2) is 18.2 Å². The van der Waals surface area contributed by atoms with Crippen molar-refractivity contribution in [3.63, 3.8) is 0 Å². The van der Waals surface area contributed by atoms with E-state index in [0.29, 0.717) is 12.1 Å². The van der Waals surface area contributed by atoms with Crippen LogP contribution in [0.3, 0.4) is 0 Å². The van der Waals surface area contributed by atoms with Crippen LogP contribution >= 0.6 is 0 Å². The van der Waals surface area contributed by atoms with Gasteiger partial charge in [-0.05, 0) is 31.0 Å². The molecule has 1 aromatic rings. The van der Waals surface area contributed by atoms with Crippen molar-refractivity contribution in [2.24, 2.45) is 0 Å². The minimum Gasteiger partial charge on any atom is -0.301 e. The van der Waals surface area contributed by atoms with Gasteiger partial charge in [0.25, 0.3) is 0 Å². The molecule has 0 heterocycles. The fourth-order valence-electron chi connectivity index (χ4n) is 1.62. The zero-order valence-electron chi connectivity index (χ0n) is 10.8. The summed E-state index contributed by atoms with van der Waals surface area (Å²) >= 11 is 0. The second-order valence-corrected chi connectivity index (χ2v) is 5.08. The van der Waals surface area contributed by atoms with Crippen molar-refractivity contribution in [2.45, 2.75) is 39.2 Å². The lowest BCUT2D eigenvalue weighted by Crippen LogP contribution is -2.37. The van der Waals surface area contributed by atoms with Crippen LogP contribution in [-0.2, 0) is 5.41 Å². The first-order valence-electron chi connectivity index (χ1n) is 5.76. The lowest BCUT2D eigenvalue weighted by Gasteiger charge is -2.27. The van der Waals surface area contributed by atoms with E-state index in [2.05, 4.69) is 25.2 Å². The summed E-state index contributed by atoms with van der Waals surface area (Å²) in [6, 6.07) is 7.14. The molecule has 0 fully saturated rings. The van der Waals surface area contributed by atoms with E-state index in [0.717, 1.165) is 5.56 Å². The predicted octanol–water partition coefficient (Wildman–Crippen LogP) is 2.91. The Hall–Kier alpha value is -1.40. The van der Waals surface area contributed by atoms with E-state index in [1.54, 1.807) is 13.0 Å². The van der Waals surface area contributed by atoms with Crippen molar-refractivity contribution in [3.05, 3.63) is 35.1 Å². The van der Waals surface area contributed by atoms with Crippen molar-refractivity contribution >= 4 is 0 Å². The highest BCUT2D eigenvalue weighted by Crippen LogP contribution is 2.24. The SMILES string of the molecule is Cc1cc(C(C)(C)CNC(C)C#N)ccc1F.